The van der Waals surface area contributed by atoms with E-state index in [4.69, 9.17) is 10.5 Å². The van der Waals surface area contributed by atoms with E-state index in [1.165, 1.54) is 0 Å². The summed E-state index contributed by atoms with van der Waals surface area (Å²) < 4.78 is 6.89. The molecule has 0 aliphatic carbocycles. The predicted molar refractivity (Wildman–Crippen MR) is 69.2 cm³/mol. The summed E-state index contributed by atoms with van der Waals surface area (Å²) in [6.45, 7) is 5.75. The number of hydrogen-bond acceptors (Lipinski definition) is 4. The number of aromatic nitrogens is 2. The molecule has 1 aromatic rings. The molecule has 0 aromatic carbocycles. The summed E-state index contributed by atoms with van der Waals surface area (Å²) in [7, 11) is 1.62. The molecule has 6 heteroatoms. The van der Waals surface area contributed by atoms with Crippen LogP contribution in [-0.4, -0.2) is 41.8 Å². The lowest BCUT2D eigenvalue weighted by atomic mass is 10.1. The maximum Gasteiger partial charge on any atom is 0.271 e. The van der Waals surface area contributed by atoms with E-state index < -0.39 is 0 Å². The lowest BCUT2D eigenvalue weighted by molar-refractivity contribution is 0.0862. The fourth-order valence-corrected chi connectivity index (χ4v) is 1.57. The number of nitrogens with two attached hydrogens (primary N) is 1. The average Bonchev–Trinajstić information content (AvgIpc) is 2.77. The standard InChI is InChI=1S/C12H22N4O2/c1-9(2)11(7-18-3)15-12(17)10-6-16(5-4-13)8-14-10/h6,8-9,11H,4-5,7,13H2,1-3H3,(H,15,17). The summed E-state index contributed by atoms with van der Waals surface area (Å²) in [6, 6.07) is -0.0119. The van der Waals surface area contributed by atoms with Crippen LogP contribution in [0.2, 0.25) is 0 Å². The van der Waals surface area contributed by atoms with Crippen molar-refractivity contribution in [2.75, 3.05) is 20.3 Å². The number of nitrogens with one attached hydrogen (secondary N) is 1. The minimum absolute atomic E-state index is 0.0119. The molecule has 1 amide bonds. The third kappa shape index (κ3) is 4.12. The second kappa shape index (κ2) is 7.13. The molecule has 6 nitrogen and oxygen atoms in total. The van der Waals surface area contributed by atoms with E-state index in [1.807, 2.05) is 13.8 Å². The van der Waals surface area contributed by atoms with Crippen LogP contribution in [0, 0.1) is 5.92 Å². The molecular weight excluding hydrogens is 232 g/mol. The van der Waals surface area contributed by atoms with Crippen molar-refractivity contribution in [3.05, 3.63) is 18.2 Å². The number of imidazole rings is 1. The topological polar surface area (TPSA) is 82.2 Å². The van der Waals surface area contributed by atoms with E-state index in [2.05, 4.69) is 10.3 Å². The maximum absolute atomic E-state index is 12.0. The van der Waals surface area contributed by atoms with Gasteiger partial charge in [0.05, 0.1) is 19.0 Å². The molecule has 0 radical (unpaired) electrons. The first-order chi connectivity index (χ1) is 8.58. The molecule has 3 N–H and O–H groups in total. The summed E-state index contributed by atoms with van der Waals surface area (Å²) in [5, 5.41) is 2.92. The molecule has 102 valence electrons. The maximum atomic E-state index is 12.0. The minimum atomic E-state index is -0.179. The van der Waals surface area contributed by atoms with Gasteiger partial charge in [-0.3, -0.25) is 4.79 Å². The van der Waals surface area contributed by atoms with E-state index in [0.717, 1.165) is 0 Å². The zero-order valence-electron chi connectivity index (χ0n) is 11.2. The predicted octanol–water partition coefficient (Wildman–Crippen LogP) is 0.243. The van der Waals surface area contributed by atoms with Crippen molar-refractivity contribution in [3.63, 3.8) is 0 Å². The van der Waals surface area contributed by atoms with Gasteiger partial charge in [0, 0.05) is 26.4 Å². The van der Waals surface area contributed by atoms with Crippen molar-refractivity contribution in [2.24, 2.45) is 11.7 Å². The van der Waals surface area contributed by atoms with Gasteiger partial charge in [0.15, 0.2) is 0 Å². The van der Waals surface area contributed by atoms with Gasteiger partial charge < -0.3 is 20.4 Å². The number of carbonyl (C=O) groups is 1. The SMILES string of the molecule is COCC(NC(=O)c1cn(CCN)cn1)C(C)C. The summed E-state index contributed by atoms with van der Waals surface area (Å²) in [5.41, 5.74) is 5.85. The smallest absolute Gasteiger partial charge is 0.271 e. The van der Waals surface area contributed by atoms with Crippen LogP contribution in [0.1, 0.15) is 24.3 Å². The summed E-state index contributed by atoms with van der Waals surface area (Å²) in [5.74, 6) is 0.126. The van der Waals surface area contributed by atoms with Crippen molar-refractivity contribution < 1.29 is 9.53 Å². The highest BCUT2D eigenvalue weighted by Gasteiger charge is 2.18. The Labute approximate surface area is 108 Å². The number of ether oxygens (including phenoxy) is 1. The molecule has 0 fully saturated rings. The van der Waals surface area contributed by atoms with Crippen LogP contribution < -0.4 is 11.1 Å². The summed E-state index contributed by atoms with van der Waals surface area (Å²) in [6.07, 6.45) is 3.31. The number of carbonyl (C=O) groups excluding carboxylic acids is 1. The Morgan fingerprint density at radius 2 is 2.33 bits per heavy atom. The van der Waals surface area contributed by atoms with Crippen LogP contribution in [0.25, 0.3) is 0 Å². The zero-order chi connectivity index (χ0) is 13.5. The number of hydrogen-bond donors (Lipinski definition) is 2. The van der Waals surface area contributed by atoms with Crippen molar-refractivity contribution in [1.29, 1.82) is 0 Å². The Hall–Kier alpha value is -1.40. The van der Waals surface area contributed by atoms with Crippen molar-refractivity contribution in [3.8, 4) is 0 Å². The first-order valence-electron chi connectivity index (χ1n) is 6.10. The van der Waals surface area contributed by atoms with E-state index in [9.17, 15) is 4.79 Å². The van der Waals surface area contributed by atoms with Gasteiger partial charge >= 0.3 is 0 Å². The Balaban J connectivity index is 2.62. The molecule has 1 aromatic heterocycles. The lowest BCUT2D eigenvalue weighted by Gasteiger charge is -2.20. The fourth-order valence-electron chi connectivity index (χ4n) is 1.57. The molecule has 1 heterocycles. The molecule has 0 saturated carbocycles. The van der Waals surface area contributed by atoms with Crippen LogP contribution in [0.5, 0.6) is 0 Å². The third-order valence-electron chi connectivity index (χ3n) is 2.72. The highest BCUT2D eigenvalue weighted by atomic mass is 16.5. The van der Waals surface area contributed by atoms with Gasteiger partial charge in [-0.05, 0) is 5.92 Å². The first-order valence-corrected chi connectivity index (χ1v) is 6.10. The van der Waals surface area contributed by atoms with Crippen LogP contribution in [0.15, 0.2) is 12.5 Å². The highest BCUT2D eigenvalue weighted by Crippen LogP contribution is 2.04. The molecule has 0 bridgehead atoms. The van der Waals surface area contributed by atoms with Crippen molar-refractivity contribution in [1.82, 2.24) is 14.9 Å². The van der Waals surface area contributed by atoms with Crippen LogP contribution in [0.3, 0.4) is 0 Å². The number of nitrogens with zero attached hydrogens (tertiary/aromatic N) is 2. The Bertz CT molecular complexity index is 376. The zero-order valence-corrected chi connectivity index (χ0v) is 11.2. The second-order valence-corrected chi connectivity index (χ2v) is 4.56. The number of methoxy groups -OCH3 is 1. The summed E-state index contributed by atoms with van der Waals surface area (Å²) in [4.78, 5) is 16.0. The van der Waals surface area contributed by atoms with Gasteiger partial charge in [-0.1, -0.05) is 13.8 Å². The Kier molecular flexibility index (Phi) is 5.80. The second-order valence-electron chi connectivity index (χ2n) is 4.56. The molecule has 0 saturated heterocycles. The molecule has 0 aliphatic rings. The molecule has 1 unspecified atom stereocenters. The van der Waals surface area contributed by atoms with Gasteiger partial charge in [-0.2, -0.15) is 0 Å². The van der Waals surface area contributed by atoms with Crippen molar-refractivity contribution >= 4 is 5.91 Å². The monoisotopic (exact) mass is 254 g/mol. The van der Waals surface area contributed by atoms with Gasteiger partial charge in [0.2, 0.25) is 0 Å². The van der Waals surface area contributed by atoms with Gasteiger partial charge in [0.1, 0.15) is 5.69 Å². The normalized spacial score (nSPS) is 12.7. The largest absolute Gasteiger partial charge is 0.383 e. The highest BCUT2D eigenvalue weighted by molar-refractivity contribution is 5.92. The average molecular weight is 254 g/mol. The lowest BCUT2D eigenvalue weighted by Crippen LogP contribution is -2.41. The van der Waals surface area contributed by atoms with Crippen LogP contribution in [-0.2, 0) is 11.3 Å². The van der Waals surface area contributed by atoms with E-state index in [1.54, 1.807) is 24.2 Å². The molecule has 0 spiro atoms. The van der Waals surface area contributed by atoms with Crippen LogP contribution in [0.4, 0.5) is 0 Å². The third-order valence-corrected chi connectivity index (χ3v) is 2.72. The molecular formula is C12H22N4O2. The van der Waals surface area contributed by atoms with E-state index in [0.29, 0.717) is 31.3 Å². The van der Waals surface area contributed by atoms with Gasteiger partial charge in [-0.15, -0.1) is 0 Å². The molecule has 18 heavy (non-hydrogen) atoms. The number of rotatable bonds is 7. The summed E-state index contributed by atoms with van der Waals surface area (Å²) >= 11 is 0. The minimum Gasteiger partial charge on any atom is -0.383 e. The molecule has 0 aliphatic heterocycles. The van der Waals surface area contributed by atoms with Crippen LogP contribution >= 0.6 is 0 Å². The van der Waals surface area contributed by atoms with Crippen molar-refractivity contribution in [2.45, 2.75) is 26.4 Å². The Morgan fingerprint density at radius 1 is 1.61 bits per heavy atom. The fraction of sp³-hybridized carbons (Fsp3) is 0.667. The number of amides is 1. The first kappa shape index (κ1) is 14.7. The van der Waals surface area contributed by atoms with Gasteiger partial charge in [0.25, 0.3) is 5.91 Å². The Morgan fingerprint density at radius 3 is 2.89 bits per heavy atom. The van der Waals surface area contributed by atoms with E-state index >= 15 is 0 Å². The van der Waals surface area contributed by atoms with Gasteiger partial charge in [-0.25, -0.2) is 4.98 Å². The quantitative estimate of drug-likeness (QED) is 0.730. The molecule has 1 atom stereocenters. The van der Waals surface area contributed by atoms with E-state index in [-0.39, 0.29) is 11.9 Å². The molecule has 1 rings (SSSR count).